The van der Waals surface area contributed by atoms with E-state index in [1.165, 1.54) is 6.92 Å². The zero-order chi connectivity index (χ0) is 8.36. The predicted molar refractivity (Wildman–Crippen MR) is 41.2 cm³/mol. The molecular formula is C6H15O3P. The minimum absolute atomic E-state index is 0.158. The Bertz CT molecular complexity index is 142. The lowest BCUT2D eigenvalue weighted by Gasteiger charge is -2.15. The van der Waals surface area contributed by atoms with E-state index in [0.29, 0.717) is 0 Å². The summed E-state index contributed by atoms with van der Waals surface area (Å²) in [6, 6.07) is 0. The fourth-order valence-electron chi connectivity index (χ4n) is 0.676. The molecule has 0 aromatic carbocycles. The quantitative estimate of drug-likeness (QED) is 0.620. The molecule has 0 aliphatic carbocycles. The van der Waals surface area contributed by atoms with Gasteiger partial charge in [0.1, 0.15) is 5.85 Å². The fourth-order valence-corrected chi connectivity index (χ4v) is 2.03. The number of hydrogen-bond acceptors (Lipinski definition) is 2. The van der Waals surface area contributed by atoms with Gasteiger partial charge in [-0.15, -0.1) is 0 Å². The molecule has 0 fully saturated rings. The topological polar surface area (TPSA) is 57.5 Å². The molecule has 0 amide bonds. The number of aliphatic hydroxyl groups is 1. The second-order valence-electron chi connectivity index (χ2n) is 2.96. The normalized spacial score (nSPS) is 20.6. The van der Waals surface area contributed by atoms with E-state index in [1.54, 1.807) is 0 Å². The van der Waals surface area contributed by atoms with Crippen molar-refractivity contribution in [2.45, 2.75) is 26.6 Å². The van der Waals surface area contributed by atoms with E-state index in [4.69, 9.17) is 10.00 Å². The third-order valence-corrected chi connectivity index (χ3v) is 3.63. The highest BCUT2D eigenvalue weighted by molar-refractivity contribution is 7.58. The van der Waals surface area contributed by atoms with Crippen LogP contribution in [0.4, 0.5) is 0 Å². The monoisotopic (exact) mass is 166 g/mol. The van der Waals surface area contributed by atoms with Crippen LogP contribution in [-0.4, -0.2) is 22.0 Å². The zero-order valence-electron chi connectivity index (χ0n) is 6.61. The van der Waals surface area contributed by atoms with Gasteiger partial charge in [0, 0.05) is 6.16 Å². The minimum Gasteiger partial charge on any atom is -0.383 e. The summed E-state index contributed by atoms with van der Waals surface area (Å²) in [7, 11) is -3.27. The van der Waals surface area contributed by atoms with E-state index in [9.17, 15) is 4.57 Å². The van der Waals surface area contributed by atoms with Gasteiger partial charge in [0.15, 0.2) is 0 Å². The van der Waals surface area contributed by atoms with Gasteiger partial charge in [-0.05, 0) is 12.8 Å². The highest BCUT2D eigenvalue weighted by Gasteiger charge is 2.25. The molecular weight excluding hydrogens is 151 g/mol. The highest BCUT2D eigenvalue weighted by atomic mass is 31.2. The van der Waals surface area contributed by atoms with Crippen molar-refractivity contribution in [2.24, 2.45) is 5.92 Å². The summed E-state index contributed by atoms with van der Waals surface area (Å²) in [5.41, 5.74) is 0. The third-order valence-electron chi connectivity index (χ3n) is 1.21. The molecule has 2 atom stereocenters. The van der Waals surface area contributed by atoms with Gasteiger partial charge in [-0.25, -0.2) is 0 Å². The van der Waals surface area contributed by atoms with Crippen molar-refractivity contribution in [1.29, 1.82) is 0 Å². The van der Waals surface area contributed by atoms with E-state index in [-0.39, 0.29) is 12.1 Å². The second kappa shape index (κ2) is 3.51. The average Bonchev–Trinajstić information content (AvgIpc) is 1.60. The number of hydrogen-bond donors (Lipinski definition) is 2. The van der Waals surface area contributed by atoms with Crippen molar-refractivity contribution < 1.29 is 14.6 Å². The lowest BCUT2D eigenvalue weighted by molar-refractivity contribution is 0.247. The van der Waals surface area contributed by atoms with Gasteiger partial charge in [-0.3, -0.25) is 4.57 Å². The van der Waals surface area contributed by atoms with Gasteiger partial charge in [0.25, 0.3) is 0 Å². The summed E-state index contributed by atoms with van der Waals surface area (Å²) in [4.78, 5) is 9.07. The van der Waals surface area contributed by atoms with Crippen LogP contribution in [0.1, 0.15) is 20.8 Å². The molecule has 0 spiro atoms. The van der Waals surface area contributed by atoms with Crippen molar-refractivity contribution in [3.05, 3.63) is 0 Å². The van der Waals surface area contributed by atoms with Crippen LogP contribution in [0, 0.1) is 5.92 Å². The lowest BCUT2D eigenvalue weighted by atomic mass is 10.3. The third kappa shape index (κ3) is 3.35. The highest BCUT2D eigenvalue weighted by Crippen LogP contribution is 2.46. The van der Waals surface area contributed by atoms with Crippen LogP contribution in [0.3, 0.4) is 0 Å². The molecule has 0 aliphatic rings. The molecule has 0 radical (unpaired) electrons. The van der Waals surface area contributed by atoms with Crippen molar-refractivity contribution in [2.75, 3.05) is 6.16 Å². The van der Waals surface area contributed by atoms with Gasteiger partial charge >= 0.3 is 0 Å². The Hall–Kier alpha value is 0.150. The van der Waals surface area contributed by atoms with Gasteiger partial charge < -0.3 is 10.00 Å². The van der Waals surface area contributed by atoms with Gasteiger partial charge in [0.2, 0.25) is 7.37 Å². The van der Waals surface area contributed by atoms with E-state index >= 15 is 0 Å². The fraction of sp³-hybridized carbons (Fsp3) is 1.00. The Balaban J connectivity index is 4.01. The summed E-state index contributed by atoms with van der Waals surface area (Å²) in [5.74, 6) is -0.930. The molecule has 3 nitrogen and oxygen atoms in total. The molecule has 0 aromatic rings. The van der Waals surface area contributed by atoms with Crippen LogP contribution < -0.4 is 0 Å². The first-order valence-corrected chi connectivity index (χ1v) is 5.27. The summed E-state index contributed by atoms with van der Waals surface area (Å²) in [5, 5.41) is 8.82. The summed E-state index contributed by atoms with van der Waals surface area (Å²) >= 11 is 0. The van der Waals surface area contributed by atoms with Crippen LogP contribution in [0.25, 0.3) is 0 Å². The Kier molecular flexibility index (Phi) is 3.57. The molecule has 0 saturated carbocycles. The van der Waals surface area contributed by atoms with Crippen LogP contribution in [0.5, 0.6) is 0 Å². The molecule has 0 heterocycles. The molecule has 2 N–H and O–H groups in total. The van der Waals surface area contributed by atoms with Crippen LogP contribution in [0.15, 0.2) is 0 Å². The first-order chi connectivity index (χ1) is 4.36. The molecule has 0 aromatic heterocycles. The Morgan fingerprint density at radius 3 is 1.90 bits per heavy atom. The lowest BCUT2D eigenvalue weighted by Crippen LogP contribution is -2.08. The number of rotatable bonds is 3. The SMILES string of the molecule is CC(C)CP(=O)(O)C(C)O. The molecule has 10 heavy (non-hydrogen) atoms. The van der Waals surface area contributed by atoms with Crippen molar-refractivity contribution in [1.82, 2.24) is 0 Å². The smallest absolute Gasteiger partial charge is 0.228 e. The Morgan fingerprint density at radius 1 is 1.40 bits per heavy atom. The van der Waals surface area contributed by atoms with E-state index in [2.05, 4.69) is 0 Å². The van der Waals surface area contributed by atoms with Crippen molar-refractivity contribution in [3.63, 3.8) is 0 Å². The van der Waals surface area contributed by atoms with Crippen LogP contribution in [-0.2, 0) is 4.57 Å². The molecule has 0 bridgehead atoms. The summed E-state index contributed by atoms with van der Waals surface area (Å²) < 4.78 is 11.0. The Labute approximate surface area is 61.5 Å². The molecule has 2 unspecified atom stereocenters. The van der Waals surface area contributed by atoms with Crippen LogP contribution >= 0.6 is 7.37 Å². The van der Waals surface area contributed by atoms with Gasteiger partial charge in [0.05, 0.1) is 0 Å². The van der Waals surface area contributed by atoms with E-state index < -0.39 is 13.2 Å². The molecule has 0 saturated heterocycles. The zero-order valence-corrected chi connectivity index (χ0v) is 7.51. The first kappa shape index (κ1) is 10.2. The van der Waals surface area contributed by atoms with Gasteiger partial charge in [-0.2, -0.15) is 0 Å². The van der Waals surface area contributed by atoms with Crippen molar-refractivity contribution in [3.8, 4) is 0 Å². The average molecular weight is 166 g/mol. The standard InChI is InChI=1S/C6H15O3P/c1-5(2)4-10(8,9)6(3)7/h5-7H,4H2,1-3H3,(H,8,9). The second-order valence-corrected chi connectivity index (χ2v) is 5.59. The maximum absolute atomic E-state index is 11.0. The summed E-state index contributed by atoms with van der Waals surface area (Å²) in [6.07, 6.45) is 0.199. The maximum Gasteiger partial charge on any atom is 0.228 e. The Morgan fingerprint density at radius 2 is 1.80 bits per heavy atom. The van der Waals surface area contributed by atoms with Crippen molar-refractivity contribution >= 4 is 7.37 Å². The van der Waals surface area contributed by atoms with Gasteiger partial charge in [-0.1, -0.05) is 13.8 Å². The predicted octanol–water partition coefficient (Wildman–Crippen LogP) is 1.25. The molecule has 0 rings (SSSR count). The van der Waals surface area contributed by atoms with Crippen LogP contribution in [0.2, 0.25) is 0 Å². The molecule has 62 valence electrons. The van der Waals surface area contributed by atoms with E-state index in [1.807, 2.05) is 13.8 Å². The largest absolute Gasteiger partial charge is 0.383 e. The molecule has 4 heteroatoms. The minimum atomic E-state index is -3.27. The maximum atomic E-state index is 11.0. The first-order valence-electron chi connectivity index (χ1n) is 3.36. The molecule has 0 aliphatic heterocycles. The van der Waals surface area contributed by atoms with E-state index in [0.717, 1.165) is 0 Å². The number of aliphatic hydroxyl groups excluding tert-OH is 1. The summed E-state index contributed by atoms with van der Waals surface area (Å²) in [6.45, 7) is 5.06.